The zero-order chi connectivity index (χ0) is 22.0. The molecule has 8 nitrogen and oxygen atoms in total. The highest BCUT2D eigenvalue weighted by Gasteiger charge is 2.36. The van der Waals surface area contributed by atoms with Crippen LogP contribution in [0.15, 0.2) is 47.3 Å². The number of carboxylic acid groups (broad SMARTS) is 1. The summed E-state index contributed by atoms with van der Waals surface area (Å²) in [4.78, 5) is 50.1. The molecule has 0 unspecified atom stereocenters. The first-order chi connectivity index (χ1) is 14.9. The number of benzene rings is 1. The summed E-state index contributed by atoms with van der Waals surface area (Å²) in [5.41, 5.74) is 1.74. The number of amides is 2. The number of carbonyl (C=O) groups is 3. The maximum absolute atomic E-state index is 13.0. The number of fused-ring (bicyclic) bond motifs is 4. The predicted molar refractivity (Wildman–Crippen MR) is 111 cm³/mol. The fourth-order valence-corrected chi connectivity index (χ4v) is 4.59. The standard InChI is InChI=1S/C23H25N3O5/c27-20(11-15-4-2-1-3-5-15)24-18-6-7-19-17-10-16(13-26(19)23(18)31)12-25(14-17)21(28)8-9-22(29)30/h1-7,16-17H,8-14H2,(H,24,27)(H,29,30)/p-1/t16-,17+/m0/s1. The number of aliphatic carboxylic acids is 1. The van der Waals surface area contributed by atoms with E-state index in [1.165, 1.54) is 0 Å². The van der Waals surface area contributed by atoms with Crippen LogP contribution in [0, 0.1) is 5.92 Å². The number of hydrogen-bond acceptors (Lipinski definition) is 5. The van der Waals surface area contributed by atoms with Gasteiger partial charge in [-0.2, -0.15) is 0 Å². The largest absolute Gasteiger partial charge is 0.550 e. The Hall–Kier alpha value is -3.42. The molecule has 3 heterocycles. The maximum Gasteiger partial charge on any atom is 0.274 e. The fourth-order valence-electron chi connectivity index (χ4n) is 4.59. The number of pyridine rings is 1. The van der Waals surface area contributed by atoms with Gasteiger partial charge in [-0.15, -0.1) is 0 Å². The van der Waals surface area contributed by atoms with Crippen LogP contribution in [0.25, 0.3) is 0 Å². The van der Waals surface area contributed by atoms with Gasteiger partial charge in [-0.05, 0) is 36.5 Å². The van der Waals surface area contributed by atoms with E-state index in [2.05, 4.69) is 5.32 Å². The quantitative estimate of drug-likeness (QED) is 0.729. The average Bonchev–Trinajstić information content (AvgIpc) is 2.75. The van der Waals surface area contributed by atoms with Crippen molar-refractivity contribution in [2.45, 2.75) is 38.1 Å². The van der Waals surface area contributed by atoms with Crippen molar-refractivity contribution < 1.29 is 19.5 Å². The van der Waals surface area contributed by atoms with Crippen molar-refractivity contribution >= 4 is 23.5 Å². The van der Waals surface area contributed by atoms with E-state index in [4.69, 9.17) is 0 Å². The number of anilines is 1. The minimum Gasteiger partial charge on any atom is -0.550 e. The molecule has 1 fully saturated rings. The van der Waals surface area contributed by atoms with Crippen LogP contribution in [-0.2, 0) is 27.3 Å². The van der Waals surface area contributed by atoms with Gasteiger partial charge in [0.1, 0.15) is 5.69 Å². The first-order valence-corrected chi connectivity index (χ1v) is 10.5. The molecule has 0 spiro atoms. The Morgan fingerprint density at radius 3 is 2.52 bits per heavy atom. The molecule has 162 valence electrons. The van der Waals surface area contributed by atoms with Crippen LogP contribution in [0.2, 0.25) is 0 Å². The number of hydrogen-bond donors (Lipinski definition) is 1. The van der Waals surface area contributed by atoms with E-state index in [1.54, 1.807) is 15.5 Å². The smallest absolute Gasteiger partial charge is 0.274 e. The van der Waals surface area contributed by atoms with Crippen LogP contribution in [0.3, 0.4) is 0 Å². The summed E-state index contributed by atoms with van der Waals surface area (Å²) in [6, 6.07) is 12.8. The van der Waals surface area contributed by atoms with Gasteiger partial charge in [-0.25, -0.2) is 0 Å². The molecule has 2 aliphatic rings. The molecule has 1 N–H and O–H groups in total. The maximum atomic E-state index is 13.0. The van der Waals surface area contributed by atoms with Crippen molar-refractivity contribution in [3.63, 3.8) is 0 Å². The molecule has 1 saturated heterocycles. The third kappa shape index (κ3) is 4.68. The van der Waals surface area contributed by atoms with E-state index in [-0.39, 0.29) is 54.2 Å². The summed E-state index contributed by atoms with van der Waals surface area (Å²) in [6.45, 7) is 1.43. The Labute approximate surface area is 179 Å². The molecule has 4 rings (SSSR count). The highest BCUT2D eigenvalue weighted by atomic mass is 16.4. The lowest BCUT2D eigenvalue weighted by Gasteiger charge is -2.43. The van der Waals surface area contributed by atoms with Gasteiger partial charge in [-0.3, -0.25) is 14.4 Å². The van der Waals surface area contributed by atoms with Crippen molar-refractivity contribution in [1.29, 1.82) is 0 Å². The molecule has 1 aromatic heterocycles. The third-order valence-corrected chi connectivity index (χ3v) is 5.98. The van der Waals surface area contributed by atoms with Gasteiger partial charge in [0.05, 0.1) is 6.42 Å². The molecule has 2 amide bonds. The van der Waals surface area contributed by atoms with Gasteiger partial charge < -0.3 is 24.7 Å². The lowest BCUT2D eigenvalue weighted by Crippen LogP contribution is -2.49. The van der Waals surface area contributed by atoms with Crippen LogP contribution in [-0.4, -0.2) is 40.3 Å². The summed E-state index contributed by atoms with van der Waals surface area (Å²) in [5.74, 6) is -1.54. The molecule has 8 heteroatoms. The van der Waals surface area contributed by atoms with Gasteiger partial charge in [0.2, 0.25) is 11.8 Å². The van der Waals surface area contributed by atoms with Crippen molar-refractivity contribution in [1.82, 2.24) is 9.47 Å². The Morgan fingerprint density at radius 2 is 1.77 bits per heavy atom. The average molecular weight is 422 g/mol. The van der Waals surface area contributed by atoms with E-state index < -0.39 is 5.97 Å². The van der Waals surface area contributed by atoms with Crippen molar-refractivity contribution in [3.05, 3.63) is 64.1 Å². The SMILES string of the molecule is O=C([O-])CCC(=O)N1C[C@@H]2C[C@H](C1)c1ccc(NC(=O)Cc3ccccc3)c(=O)n1C2. The van der Waals surface area contributed by atoms with E-state index in [1.807, 2.05) is 36.4 Å². The number of likely N-dealkylation sites (tertiary alicyclic amines) is 1. The second-order valence-electron chi connectivity index (χ2n) is 8.27. The number of nitrogens with one attached hydrogen (secondary N) is 1. The first-order valence-electron chi connectivity index (χ1n) is 10.5. The zero-order valence-electron chi connectivity index (χ0n) is 17.1. The molecule has 0 saturated carbocycles. The Morgan fingerprint density at radius 1 is 1.00 bits per heavy atom. The number of carboxylic acids is 1. The summed E-state index contributed by atoms with van der Waals surface area (Å²) in [5, 5.41) is 13.4. The lowest BCUT2D eigenvalue weighted by molar-refractivity contribution is -0.305. The summed E-state index contributed by atoms with van der Waals surface area (Å²) < 4.78 is 1.71. The summed E-state index contributed by atoms with van der Waals surface area (Å²) in [7, 11) is 0. The molecule has 0 radical (unpaired) electrons. The van der Waals surface area contributed by atoms with Gasteiger partial charge in [-0.1, -0.05) is 30.3 Å². The van der Waals surface area contributed by atoms with Crippen LogP contribution in [0.5, 0.6) is 0 Å². The number of carbonyl (C=O) groups excluding carboxylic acids is 3. The molecular formula is C23H24N3O5-. The monoisotopic (exact) mass is 422 g/mol. The fraction of sp³-hybridized carbons (Fsp3) is 0.391. The second kappa shape index (κ2) is 8.75. The second-order valence-corrected chi connectivity index (χ2v) is 8.27. The molecule has 2 aliphatic heterocycles. The number of rotatable bonds is 6. The van der Waals surface area contributed by atoms with Gasteiger partial charge in [0.15, 0.2) is 0 Å². The van der Waals surface area contributed by atoms with Crippen LogP contribution >= 0.6 is 0 Å². The van der Waals surface area contributed by atoms with Crippen LogP contribution in [0.1, 0.15) is 36.4 Å². The van der Waals surface area contributed by atoms with Gasteiger partial charge >= 0.3 is 0 Å². The Bertz CT molecular complexity index is 1060. The number of aromatic nitrogens is 1. The Kier molecular flexibility index (Phi) is 5.88. The summed E-state index contributed by atoms with van der Waals surface area (Å²) >= 11 is 0. The minimum atomic E-state index is -1.23. The number of piperidine rings is 1. The van der Waals surface area contributed by atoms with E-state index in [0.29, 0.717) is 19.6 Å². The molecular weight excluding hydrogens is 398 g/mol. The third-order valence-electron chi connectivity index (χ3n) is 5.98. The van der Waals surface area contributed by atoms with Gasteiger partial charge in [0.25, 0.3) is 5.56 Å². The van der Waals surface area contributed by atoms with Crippen molar-refractivity contribution in [3.8, 4) is 0 Å². The molecule has 0 aliphatic carbocycles. The van der Waals surface area contributed by atoms with Crippen LogP contribution < -0.4 is 16.0 Å². The van der Waals surface area contributed by atoms with Gasteiger partial charge in [0, 0.05) is 43.6 Å². The summed E-state index contributed by atoms with van der Waals surface area (Å²) in [6.07, 6.45) is 0.716. The molecule has 2 bridgehead atoms. The predicted octanol–water partition coefficient (Wildman–Crippen LogP) is 0.505. The molecule has 1 aromatic carbocycles. The molecule has 2 atom stereocenters. The first kappa shape index (κ1) is 20.8. The normalized spacial score (nSPS) is 19.4. The lowest BCUT2D eigenvalue weighted by atomic mass is 9.83. The van der Waals surface area contributed by atoms with Crippen LogP contribution in [0.4, 0.5) is 5.69 Å². The Balaban J connectivity index is 1.47. The van der Waals surface area contributed by atoms with Crippen molar-refractivity contribution in [2.24, 2.45) is 5.92 Å². The molecule has 2 aromatic rings. The van der Waals surface area contributed by atoms with E-state index >= 15 is 0 Å². The minimum absolute atomic E-state index is 0.0150. The zero-order valence-corrected chi connectivity index (χ0v) is 17.1. The topological polar surface area (TPSA) is 112 Å². The van der Waals surface area contributed by atoms with Crippen molar-refractivity contribution in [2.75, 3.05) is 18.4 Å². The highest BCUT2D eigenvalue weighted by molar-refractivity contribution is 5.92. The number of nitrogens with zero attached hydrogens (tertiary/aromatic N) is 2. The van der Waals surface area contributed by atoms with E-state index in [9.17, 15) is 24.3 Å². The molecule has 31 heavy (non-hydrogen) atoms. The highest BCUT2D eigenvalue weighted by Crippen LogP contribution is 2.35. The van der Waals surface area contributed by atoms with E-state index in [0.717, 1.165) is 17.7 Å².